The van der Waals surface area contributed by atoms with Crippen LogP contribution in [-0.4, -0.2) is 58.7 Å². The first-order valence-electron chi connectivity index (χ1n) is 12.7. The fraction of sp³-hybridized carbons (Fsp3) is 0.300. The number of carbonyl (C=O) groups excluding carboxylic acids is 4. The molecule has 4 rings (SSSR count). The van der Waals surface area contributed by atoms with Crippen molar-refractivity contribution in [2.24, 2.45) is 0 Å². The van der Waals surface area contributed by atoms with Crippen LogP contribution in [0.1, 0.15) is 44.2 Å². The Bertz CT molecular complexity index is 1240. The molecule has 0 aliphatic carbocycles. The molecule has 2 N–H and O–H groups in total. The number of ether oxygens (including phenoxy) is 1. The number of likely N-dealkylation sites (tertiary alicyclic amines) is 1. The molecule has 3 aromatic carbocycles. The largest absolute Gasteiger partial charge is 0.481 e. The number of fused-ring (bicyclic) bond motifs is 1. The lowest BCUT2D eigenvalue weighted by Crippen LogP contribution is -2.50. The van der Waals surface area contributed by atoms with E-state index in [0.29, 0.717) is 19.3 Å². The Hall–Kier alpha value is -4.53. The second kappa shape index (κ2) is 14.4. The van der Waals surface area contributed by atoms with E-state index in [4.69, 9.17) is 5.11 Å². The summed E-state index contributed by atoms with van der Waals surface area (Å²) in [5, 5.41) is 14.0. The van der Waals surface area contributed by atoms with Crippen LogP contribution in [0.5, 0.6) is 0 Å². The molecule has 1 heterocycles. The number of carbonyl (C=O) groups is 5. The summed E-state index contributed by atoms with van der Waals surface area (Å²) in [6.45, 7) is 0.182. The number of aliphatic carboxylic acids is 1. The number of benzene rings is 3. The number of nitrogens with one attached hydrogen (secondary N) is 1. The maximum Gasteiger partial charge on any atom is 0.305 e. The van der Waals surface area contributed by atoms with Crippen molar-refractivity contribution in [2.45, 2.75) is 44.7 Å². The van der Waals surface area contributed by atoms with Crippen LogP contribution in [0.15, 0.2) is 78.9 Å². The normalized spacial score (nSPS) is 15.5. The van der Waals surface area contributed by atoms with E-state index in [9.17, 15) is 24.0 Å². The van der Waals surface area contributed by atoms with Gasteiger partial charge in [0.25, 0.3) is 0 Å². The highest BCUT2D eigenvalue weighted by Crippen LogP contribution is 2.31. The zero-order chi connectivity index (χ0) is 28.2. The minimum atomic E-state index is -1.35. The van der Waals surface area contributed by atoms with Crippen LogP contribution in [0.2, 0.25) is 0 Å². The number of rotatable bonds is 9. The molecule has 0 spiro atoms. The van der Waals surface area contributed by atoms with E-state index in [1.807, 2.05) is 30.3 Å². The van der Waals surface area contributed by atoms with Gasteiger partial charge < -0.3 is 20.1 Å². The van der Waals surface area contributed by atoms with Gasteiger partial charge in [-0.15, -0.1) is 0 Å². The molecule has 1 aliphatic heterocycles. The monoisotopic (exact) mass is 532 g/mol. The van der Waals surface area contributed by atoms with E-state index in [0.717, 1.165) is 12.5 Å². The van der Waals surface area contributed by atoms with Gasteiger partial charge >= 0.3 is 11.9 Å². The molecule has 2 atom stereocenters. The predicted octanol–water partition coefficient (Wildman–Crippen LogP) is 3.67. The first kappa shape index (κ1) is 29.0. The Morgan fingerprint density at radius 3 is 2.05 bits per heavy atom. The van der Waals surface area contributed by atoms with Crippen molar-refractivity contribution in [3.8, 4) is 0 Å². The zero-order valence-electron chi connectivity index (χ0n) is 21.7. The summed E-state index contributed by atoms with van der Waals surface area (Å²) in [4.78, 5) is 60.4. The van der Waals surface area contributed by atoms with Crippen LogP contribution < -0.4 is 5.32 Å². The lowest BCUT2D eigenvalue weighted by atomic mass is 9.95. The van der Waals surface area contributed by atoms with Crippen molar-refractivity contribution >= 4 is 40.3 Å². The average molecular weight is 533 g/mol. The minimum Gasteiger partial charge on any atom is -0.481 e. The molecule has 0 aromatic heterocycles. The van der Waals surface area contributed by atoms with Crippen molar-refractivity contribution in [3.63, 3.8) is 0 Å². The molecule has 1 aliphatic rings. The van der Waals surface area contributed by atoms with Crippen LogP contribution in [0, 0.1) is 0 Å². The number of amides is 2. The Labute approximate surface area is 226 Å². The standard InChI is InChI=1S/C20H24N2O7.C10H8/c1-13(23)29-12-17(24)15(10-20(27)28)21-18(25)11-22-16(8-5-9-19(22)26)14-6-3-2-4-7-14;1-2-6-10-8-4-3-7-9(10)5-1/h2-4,6-7,15-16H,5,8-12H2,1H3,(H,21,25)(H,27,28);1-8H. The van der Waals surface area contributed by atoms with Crippen LogP contribution in [0.25, 0.3) is 10.8 Å². The van der Waals surface area contributed by atoms with E-state index in [1.54, 1.807) is 0 Å². The number of hydrogen-bond acceptors (Lipinski definition) is 6. The number of ketones is 1. The van der Waals surface area contributed by atoms with Gasteiger partial charge in [0, 0.05) is 13.3 Å². The third-order valence-corrected chi connectivity index (χ3v) is 6.24. The van der Waals surface area contributed by atoms with Gasteiger partial charge in [0.15, 0.2) is 12.4 Å². The third-order valence-electron chi connectivity index (χ3n) is 6.24. The van der Waals surface area contributed by atoms with E-state index in [2.05, 4.69) is 58.6 Å². The highest BCUT2D eigenvalue weighted by atomic mass is 16.5. The van der Waals surface area contributed by atoms with Gasteiger partial charge in [-0.1, -0.05) is 78.9 Å². The molecule has 2 unspecified atom stereocenters. The van der Waals surface area contributed by atoms with Gasteiger partial charge in [0.05, 0.1) is 12.5 Å². The summed E-state index contributed by atoms with van der Waals surface area (Å²) >= 11 is 0. The fourth-order valence-corrected chi connectivity index (χ4v) is 4.36. The number of nitrogens with zero attached hydrogens (tertiary/aromatic N) is 1. The molecule has 3 aromatic rings. The van der Waals surface area contributed by atoms with Gasteiger partial charge in [0.2, 0.25) is 11.8 Å². The van der Waals surface area contributed by atoms with Gasteiger partial charge in [-0.25, -0.2) is 0 Å². The predicted molar refractivity (Wildman–Crippen MR) is 145 cm³/mol. The summed E-state index contributed by atoms with van der Waals surface area (Å²) in [5.41, 5.74) is 0.904. The average Bonchev–Trinajstić information content (AvgIpc) is 2.93. The number of carboxylic acids is 1. The maximum absolute atomic E-state index is 12.5. The van der Waals surface area contributed by atoms with Crippen molar-refractivity contribution in [2.75, 3.05) is 13.2 Å². The number of esters is 1. The lowest BCUT2D eigenvalue weighted by Gasteiger charge is -2.35. The van der Waals surface area contributed by atoms with E-state index in [1.165, 1.54) is 15.7 Å². The number of carboxylic acid groups (broad SMARTS) is 1. The molecule has 9 nitrogen and oxygen atoms in total. The molecule has 39 heavy (non-hydrogen) atoms. The Balaban J connectivity index is 0.000000346. The summed E-state index contributed by atoms with van der Waals surface area (Å²) in [6, 6.07) is 24.4. The van der Waals surface area contributed by atoms with Crippen molar-refractivity contribution in [3.05, 3.63) is 84.4 Å². The topological polar surface area (TPSA) is 130 Å². The summed E-state index contributed by atoms with van der Waals surface area (Å²) in [5.74, 6) is -3.54. The molecular formula is C30H32N2O7. The smallest absolute Gasteiger partial charge is 0.305 e. The lowest BCUT2D eigenvalue weighted by molar-refractivity contribution is -0.148. The molecule has 9 heteroatoms. The Kier molecular flexibility index (Phi) is 10.7. The summed E-state index contributed by atoms with van der Waals surface area (Å²) < 4.78 is 4.59. The molecule has 0 radical (unpaired) electrons. The Morgan fingerprint density at radius 1 is 0.949 bits per heavy atom. The highest BCUT2D eigenvalue weighted by molar-refractivity contribution is 5.94. The third kappa shape index (κ3) is 9.07. The molecule has 0 bridgehead atoms. The van der Waals surface area contributed by atoms with E-state index < -0.39 is 42.7 Å². The number of Topliss-reactive ketones (excluding diaryl/α,β-unsaturated/α-hetero) is 1. The number of hydrogen-bond donors (Lipinski definition) is 2. The zero-order valence-corrected chi connectivity index (χ0v) is 21.7. The molecular weight excluding hydrogens is 500 g/mol. The fourth-order valence-electron chi connectivity index (χ4n) is 4.36. The quantitative estimate of drug-likeness (QED) is 0.402. The van der Waals surface area contributed by atoms with Crippen molar-refractivity contribution < 1.29 is 33.8 Å². The van der Waals surface area contributed by atoms with Crippen molar-refractivity contribution in [1.29, 1.82) is 0 Å². The second-order valence-electron chi connectivity index (χ2n) is 9.15. The first-order chi connectivity index (χ1) is 18.7. The maximum atomic E-state index is 12.5. The van der Waals surface area contributed by atoms with E-state index >= 15 is 0 Å². The van der Waals surface area contributed by atoms with Crippen LogP contribution in [-0.2, 0) is 28.7 Å². The minimum absolute atomic E-state index is 0.179. The van der Waals surface area contributed by atoms with E-state index in [-0.39, 0.29) is 18.5 Å². The van der Waals surface area contributed by atoms with Gasteiger partial charge in [-0.05, 0) is 29.2 Å². The first-order valence-corrected chi connectivity index (χ1v) is 12.7. The van der Waals surface area contributed by atoms with Gasteiger partial charge in [-0.3, -0.25) is 24.0 Å². The van der Waals surface area contributed by atoms with Crippen molar-refractivity contribution in [1.82, 2.24) is 10.2 Å². The van der Waals surface area contributed by atoms with Crippen LogP contribution >= 0.6 is 0 Å². The molecule has 204 valence electrons. The summed E-state index contributed by atoms with van der Waals surface area (Å²) in [6.07, 6.45) is 1.08. The molecule has 1 saturated heterocycles. The molecule has 0 saturated carbocycles. The SMILES string of the molecule is CC(=O)OCC(=O)C(CC(=O)O)NC(=O)CN1C(=O)CCCC1c1ccccc1.c1ccc2ccccc2c1. The molecule has 1 fully saturated rings. The summed E-state index contributed by atoms with van der Waals surface area (Å²) in [7, 11) is 0. The van der Waals surface area contributed by atoms with Gasteiger partial charge in [-0.2, -0.15) is 0 Å². The van der Waals surface area contributed by atoms with Crippen LogP contribution in [0.3, 0.4) is 0 Å². The second-order valence-corrected chi connectivity index (χ2v) is 9.15. The molecule has 2 amide bonds. The number of piperidine rings is 1. The van der Waals surface area contributed by atoms with Gasteiger partial charge in [0.1, 0.15) is 12.6 Å². The van der Waals surface area contributed by atoms with Crippen LogP contribution in [0.4, 0.5) is 0 Å². The Morgan fingerprint density at radius 2 is 1.51 bits per heavy atom. The highest BCUT2D eigenvalue weighted by Gasteiger charge is 2.32.